The zero-order chi connectivity index (χ0) is 16.5. The molecule has 3 aromatic rings. The Labute approximate surface area is 140 Å². The number of imidazole rings is 1. The molecule has 1 fully saturated rings. The van der Waals surface area contributed by atoms with Gasteiger partial charge in [-0.3, -0.25) is 4.79 Å². The zero-order valence-electron chi connectivity index (χ0n) is 13.8. The highest BCUT2D eigenvalue weighted by molar-refractivity contribution is 5.80. The molecule has 1 unspecified atom stereocenters. The Balaban J connectivity index is 1.63. The highest BCUT2D eigenvalue weighted by atomic mass is 16.3. The molecule has 1 amide bonds. The van der Waals surface area contributed by atoms with E-state index in [1.165, 1.54) is 0 Å². The fourth-order valence-corrected chi connectivity index (χ4v) is 3.55. The molecular formula is C19H21N3O2. The largest absolute Gasteiger partial charge is 0.467 e. The molecule has 124 valence electrons. The quantitative estimate of drug-likeness (QED) is 0.721. The zero-order valence-corrected chi connectivity index (χ0v) is 13.8. The van der Waals surface area contributed by atoms with Crippen LogP contribution in [0.4, 0.5) is 0 Å². The predicted octanol–water partition coefficient (Wildman–Crippen LogP) is 3.56. The fourth-order valence-electron chi connectivity index (χ4n) is 3.55. The maximum atomic E-state index is 12.4. The lowest BCUT2D eigenvalue weighted by atomic mass is 10.1. The molecule has 2 aromatic heterocycles. The summed E-state index contributed by atoms with van der Waals surface area (Å²) in [5.74, 6) is 2.18. The number of hydrogen-bond donors (Lipinski definition) is 0. The lowest BCUT2D eigenvalue weighted by Crippen LogP contribution is -2.24. The second-order valence-electron chi connectivity index (χ2n) is 6.37. The van der Waals surface area contributed by atoms with Gasteiger partial charge in [0, 0.05) is 25.4 Å². The average molecular weight is 323 g/mol. The third-order valence-electron chi connectivity index (χ3n) is 4.64. The minimum Gasteiger partial charge on any atom is -0.467 e. The third-order valence-corrected chi connectivity index (χ3v) is 4.64. The predicted molar refractivity (Wildman–Crippen MR) is 91.5 cm³/mol. The number of likely N-dealkylation sites (tertiary alicyclic amines) is 1. The molecule has 1 aliphatic heterocycles. The van der Waals surface area contributed by atoms with Crippen LogP contribution in [0, 0.1) is 0 Å². The molecule has 0 radical (unpaired) electrons. The topological polar surface area (TPSA) is 51.3 Å². The second kappa shape index (κ2) is 6.15. The van der Waals surface area contributed by atoms with Crippen molar-refractivity contribution < 1.29 is 9.21 Å². The second-order valence-corrected chi connectivity index (χ2v) is 6.37. The summed E-state index contributed by atoms with van der Waals surface area (Å²) in [4.78, 5) is 19.1. The summed E-state index contributed by atoms with van der Waals surface area (Å²) in [6, 6.07) is 12.0. The summed E-state index contributed by atoms with van der Waals surface area (Å²) < 4.78 is 7.66. The van der Waals surface area contributed by atoms with Crippen molar-refractivity contribution in [2.45, 2.75) is 38.8 Å². The molecule has 0 spiro atoms. The molecule has 0 bridgehead atoms. The monoisotopic (exact) mass is 323 g/mol. The molecule has 24 heavy (non-hydrogen) atoms. The van der Waals surface area contributed by atoms with Gasteiger partial charge >= 0.3 is 0 Å². The molecular weight excluding hydrogens is 302 g/mol. The summed E-state index contributed by atoms with van der Waals surface area (Å²) in [6.07, 6.45) is 3.21. The van der Waals surface area contributed by atoms with Crippen molar-refractivity contribution >= 4 is 16.9 Å². The Morgan fingerprint density at radius 1 is 1.25 bits per heavy atom. The highest BCUT2D eigenvalue weighted by Crippen LogP contribution is 2.31. The lowest BCUT2D eigenvalue weighted by molar-refractivity contribution is -0.128. The maximum Gasteiger partial charge on any atom is 0.223 e. The minimum absolute atomic E-state index is 0.145. The van der Waals surface area contributed by atoms with E-state index in [1.54, 1.807) is 6.26 Å². The van der Waals surface area contributed by atoms with Gasteiger partial charge in [-0.25, -0.2) is 4.98 Å². The number of carbonyl (C=O) groups is 1. The van der Waals surface area contributed by atoms with E-state index in [4.69, 9.17) is 9.40 Å². The van der Waals surface area contributed by atoms with Crippen LogP contribution in [0.3, 0.4) is 0 Å². The van der Waals surface area contributed by atoms with Gasteiger partial charge in [0.25, 0.3) is 0 Å². The van der Waals surface area contributed by atoms with Crippen LogP contribution in [0.2, 0.25) is 0 Å². The van der Waals surface area contributed by atoms with Crippen molar-refractivity contribution in [2.24, 2.45) is 0 Å². The van der Waals surface area contributed by atoms with Crippen molar-refractivity contribution in [3.8, 4) is 0 Å². The summed E-state index contributed by atoms with van der Waals surface area (Å²) in [5.41, 5.74) is 2.17. The van der Waals surface area contributed by atoms with Crippen molar-refractivity contribution in [3.63, 3.8) is 0 Å². The van der Waals surface area contributed by atoms with E-state index in [9.17, 15) is 4.79 Å². The van der Waals surface area contributed by atoms with E-state index in [0.717, 1.165) is 35.6 Å². The highest BCUT2D eigenvalue weighted by Gasteiger charge is 2.34. The number of rotatable bonds is 5. The molecule has 1 saturated heterocycles. The molecule has 0 N–H and O–H groups in total. The Hall–Kier alpha value is -2.56. The molecule has 5 heteroatoms. The number of nitrogens with zero attached hydrogens (tertiary/aromatic N) is 3. The number of para-hydroxylation sites is 2. The first-order valence-electron chi connectivity index (χ1n) is 8.51. The van der Waals surface area contributed by atoms with Crippen LogP contribution < -0.4 is 0 Å². The number of aryl methyl sites for hydroxylation is 1. The van der Waals surface area contributed by atoms with Crippen LogP contribution in [0.15, 0.2) is 47.1 Å². The van der Waals surface area contributed by atoms with Gasteiger partial charge in [-0.2, -0.15) is 0 Å². The number of aromatic nitrogens is 2. The van der Waals surface area contributed by atoms with Crippen molar-refractivity contribution in [1.29, 1.82) is 0 Å². The number of amides is 1. The van der Waals surface area contributed by atoms with E-state index < -0.39 is 0 Å². The van der Waals surface area contributed by atoms with E-state index in [2.05, 4.69) is 17.6 Å². The van der Waals surface area contributed by atoms with Crippen LogP contribution in [-0.2, 0) is 17.9 Å². The fraction of sp³-hybridized carbons (Fsp3) is 0.368. The van der Waals surface area contributed by atoms with Crippen LogP contribution in [-0.4, -0.2) is 26.9 Å². The van der Waals surface area contributed by atoms with E-state index in [-0.39, 0.29) is 11.8 Å². The Kier molecular flexibility index (Phi) is 3.84. The SMILES string of the molecule is CCCn1c(C2CC(=O)N(Cc3ccco3)C2)nc2ccccc21. The number of furan rings is 1. The number of benzene rings is 1. The Morgan fingerprint density at radius 3 is 2.92 bits per heavy atom. The summed E-state index contributed by atoms with van der Waals surface area (Å²) >= 11 is 0. The van der Waals surface area contributed by atoms with Gasteiger partial charge in [-0.15, -0.1) is 0 Å². The molecule has 1 aliphatic rings. The van der Waals surface area contributed by atoms with Gasteiger partial charge in [0.2, 0.25) is 5.91 Å². The normalized spacial score (nSPS) is 18.0. The summed E-state index contributed by atoms with van der Waals surface area (Å²) in [6.45, 7) is 4.34. The molecule has 4 rings (SSSR count). The number of fused-ring (bicyclic) bond motifs is 1. The smallest absolute Gasteiger partial charge is 0.223 e. The number of hydrogen-bond acceptors (Lipinski definition) is 3. The van der Waals surface area contributed by atoms with Gasteiger partial charge in [0.15, 0.2) is 0 Å². The Morgan fingerprint density at radius 2 is 2.12 bits per heavy atom. The van der Waals surface area contributed by atoms with E-state index in [1.807, 2.05) is 35.2 Å². The van der Waals surface area contributed by atoms with Gasteiger partial charge < -0.3 is 13.9 Å². The maximum absolute atomic E-state index is 12.4. The lowest BCUT2D eigenvalue weighted by Gasteiger charge is -2.16. The van der Waals surface area contributed by atoms with Gasteiger partial charge in [-0.1, -0.05) is 19.1 Å². The van der Waals surface area contributed by atoms with Gasteiger partial charge in [0.05, 0.1) is 23.8 Å². The third kappa shape index (κ3) is 2.60. The summed E-state index contributed by atoms with van der Waals surface area (Å²) in [5, 5.41) is 0. The molecule has 1 aromatic carbocycles. The first-order valence-corrected chi connectivity index (χ1v) is 8.51. The summed E-state index contributed by atoms with van der Waals surface area (Å²) in [7, 11) is 0. The van der Waals surface area contributed by atoms with Crippen LogP contribution in [0.5, 0.6) is 0 Å². The van der Waals surface area contributed by atoms with Crippen LogP contribution in [0.25, 0.3) is 11.0 Å². The van der Waals surface area contributed by atoms with Crippen molar-refractivity contribution in [2.75, 3.05) is 6.54 Å². The van der Waals surface area contributed by atoms with Crippen LogP contribution >= 0.6 is 0 Å². The molecule has 5 nitrogen and oxygen atoms in total. The molecule has 0 aliphatic carbocycles. The van der Waals surface area contributed by atoms with Crippen molar-refractivity contribution in [1.82, 2.24) is 14.5 Å². The first-order chi connectivity index (χ1) is 11.8. The molecule has 3 heterocycles. The van der Waals surface area contributed by atoms with E-state index in [0.29, 0.717) is 19.5 Å². The van der Waals surface area contributed by atoms with Crippen LogP contribution in [0.1, 0.15) is 37.3 Å². The molecule has 1 atom stereocenters. The van der Waals surface area contributed by atoms with Gasteiger partial charge in [-0.05, 0) is 30.7 Å². The standard InChI is InChI=1S/C19H21N3O2/c1-2-9-22-17-8-4-3-7-16(17)20-19(22)14-11-18(23)21(12-14)13-15-6-5-10-24-15/h3-8,10,14H,2,9,11-13H2,1H3. The molecule has 0 saturated carbocycles. The average Bonchev–Trinajstić information content (AvgIpc) is 3.29. The first kappa shape index (κ1) is 15.0. The van der Waals surface area contributed by atoms with Gasteiger partial charge in [0.1, 0.15) is 11.6 Å². The van der Waals surface area contributed by atoms with E-state index >= 15 is 0 Å². The Bertz CT molecular complexity index is 851. The van der Waals surface area contributed by atoms with Crippen molar-refractivity contribution in [3.05, 3.63) is 54.2 Å². The minimum atomic E-state index is 0.145. The number of carbonyl (C=O) groups excluding carboxylic acids is 1.